The van der Waals surface area contributed by atoms with Crippen LogP contribution in [0.4, 0.5) is 0 Å². The predicted molar refractivity (Wildman–Crippen MR) is 53.1 cm³/mol. The molecule has 0 radical (unpaired) electrons. The number of nitrogens with one attached hydrogen (secondary N) is 1. The van der Waals surface area contributed by atoms with Crippen LogP contribution in [0.1, 0.15) is 23.5 Å². The first-order chi connectivity index (χ1) is 6.27. The highest BCUT2D eigenvalue weighted by atomic mass is 16.3. The van der Waals surface area contributed by atoms with Gasteiger partial charge in [-0.25, -0.2) is 0 Å². The van der Waals surface area contributed by atoms with Gasteiger partial charge in [0, 0.05) is 12.5 Å². The number of phenols is 1. The van der Waals surface area contributed by atoms with E-state index in [4.69, 9.17) is 0 Å². The lowest BCUT2D eigenvalue weighted by molar-refractivity contribution is 0.462. The number of phenolic OH excluding ortho intramolecular Hbond substituents is 1. The summed E-state index contributed by atoms with van der Waals surface area (Å²) in [5.41, 5.74) is 2.32. The molecule has 0 bridgehead atoms. The second-order valence-electron chi connectivity index (χ2n) is 3.75. The summed E-state index contributed by atoms with van der Waals surface area (Å²) in [6.45, 7) is 4.13. The zero-order chi connectivity index (χ0) is 9.26. The highest BCUT2D eigenvalue weighted by Gasteiger charge is 2.19. The van der Waals surface area contributed by atoms with Crippen molar-refractivity contribution in [1.29, 1.82) is 0 Å². The summed E-state index contributed by atoms with van der Waals surface area (Å²) < 4.78 is 0. The van der Waals surface area contributed by atoms with Gasteiger partial charge in [0.15, 0.2) is 0 Å². The maximum Gasteiger partial charge on any atom is 0.119 e. The van der Waals surface area contributed by atoms with Crippen LogP contribution in [-0.4, -0.2) is 18.2 Å². The average Bonchev–Trinajstić information content (AvgIpc) is 2.61. The molecule has 13 heavy (non-hydrogen) atoms. The summed E-state index contributed by atoms with van der Waals surface area (Å²) in [7, 11) is 0. The molecule has 1 aliphatic heterocycles. The van der Waals surface area contributed by atoms with Crippen molar-refractivity contribution < 1.29 is 5.11 Å². The van der Waals surface area contributed by atoms with Gasteiger partial charge in [-0.2, -0.15) is 0 Å². The van der Waals surface area contributed by atoms with Crippen LogP contribution in [0.3, 0.4) is 0 Å². The van der Waals surface area contributed by atoms with Gasteiger partial charge in [0.1, 0.15) is 5.75 Å². The van der Waals surface area contributed by atoms with Crippen molar-refractivity contribution in [3.63, 3.8) is 0 Å². The number of aryl methyl sites for hydroxylation is 1. The topological polar surface area (TPSA) is 32.3 Å². The van der Waals surface area contributed by atoms with Crippen molar-refractivity contribution in [2.75, 3.05) is 13.1 Å². The standard InChI is InChI=1S/C11H15NO/c1-8-2-3-11(13)10(6-8)9-4-5-12-7-9/h2-3,6,9,12-13H,4-5,7H2,1H3. The molecular weight excluding hydrogens is 162 g/mol. The molecule has 2 N–H and O–H groups in total. The first-order valence-corrected chi connectivity index (χ1v) is 4.77. The lowest BCUT2D eigenvalue weighted by Crippen LogP contribution is -2.08. The molecule has 1 unspecified atom stereocenters. The Kier molecular flexibility index (Phi) is 2.23. The Morgan fingerprint density at radius 1 is 1.46 bits per heavy atom. The number of aromatic hydroxyl groups is 1. The SMILES string of the molecule is Cc1ccc(O)c(C2CCNC2)c1. The molecule has 2 nitrogen and oxygen atoms in total. The van der Waals surface area contributed by atoms with E-state index in [0.717, 1.165) is 25.1 Å². The van der Waals surface area contributed by atoms with Gasteiger partial charge in [0.05, 0.1) is 0 Å². The molecule has 70 valence electrons. The molecule has 1 aliphatic rings. The highest BCUT2D eigenvalue weighted by molar-refractivity contribution is 5.38. The summed E-state index contributed by atoms with van der Waals surface area (Å²) in [4.78, 5) is 0. The Balaban J connectivity index is 2.32. The fourth-order valence-corrected chi connectivity index (χ4v) is 1.92. The third kappa shape index (κ3) is 1.68. The average molecular weight is 177 g/mol. The van der Waals surface area contributed by atoms with Crippen molar-refractivity contribution in [3.05, 3.63) is 29.3 Å². The van der Waals surface area contributed by atoms with E-state index < -0.39 is 0 Å². The van der Waals surface area contributed by atoms with Crippen molar-refractivity contribution in [3.8, 4) is 5.75 Å². The van der Waals surface area contributed by atoms with Crippen LogP contribution < -0.4 is 5.32 Å². The third-order valence-electron chi connectivity index (χ3n) is 2.68. The van der Waals surface area contributed by atoms with E-state index in [2.05, 4.69) is 18.3 Å². The molecule has 0 saturated carbocycles. The summed E-state index contributed by atoms with van der Waals surface area (Å²) in [6, 6.07) is 5.83. The van der Waals surface area contributed by atoms with E-state index in [1.165, 1.54) is 5.56 Å². The number of hydrogen-bond acceptors (Lipinski definition) is 2. The molecule has 1 saturated heterocycles. The van der Waals surface area contributed by atoms with E-state index >= 15 is 0 Å². The molecule has 1 heterocycles. The fraction of sp³-hybridized carbons (Fsp3) is 0.455. The second kappa shape index (κ2) is 3.38. The van der Waals surface area contributed by atoms with Crippen molar-refractivity contribution >= 4 is 0 Å². The van der Waals surface area contributed by atoms with E-state index in [1.54, 1.807) is 6.07 Å². The van der Waals surface area contributed by atoms with Gasteiger partial charge in [0.25, 0.3) is 0 Å². The fourth-order valence-electron chi connectivity index (χ4n) is 1.92. The smallest absolute Gasteiger partial charge is 0.119 e. The Morgan fingerprint density at radius 3 is 3.00 bits per heavy atom. The zero-order valence-corrected chi connectivity index (χ0v) is 7.88. The second-order valence-corrected chi connectivity index (χ2v) is 3.75. The first-order valence-electron chi connectivity index (χ1n) is 4.77. The summed E-state index contributed by atoms with van der Waals surface area (Å²) in [6.07, 6.45) is 1.14. The molecule has 1 atom stereocenters. The van der Waals surface area contributed by atoms with E-state index in [1.807, 2.05) is 6.07 Å². The van der Waals surface area contributed by atoms with Crippen LogP contribution >= 0.6 is 0 Å². The Hall–Kier alpha value is -1.02. The molecule has 0 aliphatic carbocycles. The van der Waals surface area contributed by atoms with Gasteiger partial charge in [-0.05, 0) is 31.5 Å². The van der Waals surface area contributed by atoms with E-state index in [9.17, 15) is 5.11 Å². The monoisotopic (exact) mass is 177 g/mol. The molecule has 0 aromatic heterocycles. The molecule has 2 rings (SSSR count). The minimum Gasteiger partial charge on any atom is -0.508 e. The predicted octanol–water partition coefficient (Wildman–Crippen LogP) is 1.78. The highest BCUT2D eigenvalue weighted by Crippen LogP contribution is 2.30. The maximum atomic E-state index is 9.67. The van der Waals surface area contributed by atoms with Gasteiger partial charge >= 0.3 is 0 Å². The lowest BCUT2D eigenvalue weighted by atomic mass is 9.96. The quantitative estimate of drug-likeness (QED) is 0.685. The van der Waals surface area contributed by atoms with Gasteiger partial charge in [-0.3, -0.25) is 0 Å². The van der Waals surface area contributed by atoms with Crippen LogP contribution in [0.2, 0.25) is 0 Å². The minimum absolute atomic E-state index is 0.444. The normalized spacial score (nSPS) is 22.1. The van der Waals surface area contributed by atoms with Gasteiger partial charge < -0.3 is 10.4 Å². The Bertz CT molecular complexity index is 303. The molecule has 1 fully saturated rings. The van der Waals surface area contributed by atoms with Gasteiger partial charge in [0.2, 0.25) is 0 Å². The van der Waals surface area contributed by atoms with E-state index in [-0.39, 0.29) is 0 Å². The Labute approximate surface area is 78.6 Å². The van der Waals surface area contributed by atoms with Crippen molar-refractivity contribution in [1.82, 2.24) is 5.32 Å². The number of hydrogen-bond donors (Lipinski definition) is 2. The largest absolute Gasteiger partial charge is 0.508 e. The lowest BCUT2D eigenvalue weighted by Gasteiger charge is -2.11. The van der Waals surface area contributed by atoms with Crippen LogP contribution in [0.25, 0.3) is 0 Å². The molecule has 0 amide bonds. The third-order valence-corrected chi connectivity index (χ3v) is 2.68. The van der Waals surface area contributed by atoms with Gasteiger partial charge in [-0.15, -0.1) is 0 Å². The maximum absolute atomic E-state index is 9.67. The van der Waals surface area contributed by atoms with E-state index in [0.29, 0.717) is 11.7 Å². The number of rotatable bonds is 1. The van der Waals surface area contributed by atoms with Crippen molar-refractivity contribution in [2.24, 2.45) is 0 Å². The van der Waals surface area contributed by atoms with Crippen molar-refractivity contribution in [2.45, 2.75) is 19.3 Å². The molecule has 1 aromatic rings. The molecule has 0 spiro atoms. The summed E-state index contributed by atoms with van der Waals surface area (Å²) in [5.74, 6) is 0.944. The van der Waals surface area contributed by atoms with Crippen LogP contribution in [-0.2, 0) is 0 Å². The number of benzene rings is 1. The van der Waals surface area contributed by atoms with Crippen LogP contribution in [0, 0.1) is 6.92 Å². The van der Waals surface area contributed by atoms with Gasteiger partial charge in [-0.1, -0.05) is 17.7 Å². The molecule has 1 aromatic carbocycles. The van der Waals surface area contributed by atoms with Crippen LogP contribution in [0.5, 0.6) is 5.75 Å². The Morgan fingerprint density at radius 2 is 2.31 bits per heavy atom. The molecule has 2 heteroatoms. The summed E-state index contributed by atoms with van der Waals surface area (Å²) in [5, 5.41) is 13.0. The zero-order valence-electron chi connectivity index (χ0n) is 7.88. The summed E-state index contributed by atoms with van der Waals surface area (Å²) >= 11 is 0. The van der Waals surface area contributed by atoms with Crippen LogP contribution in [0.15, 0.2) is 18.2 Å². The first kappa shape index (κ1) is 8.57. The minimum atomic E-state index is 0.444. The molecular formula is C11H15NO.